The lowest BCUT2D eigenvalue weighted by Crippen LogP contribution is -2.59. The molecule has 1 saturated heterocycles. The summed E-state index contributed by atoms with van der Waals surface area (Å²) in [5.41, 5.74) is -1.38. The van der Waals surface area contributed by atoms with E-state index in [1.807, 2.05) is 11.8 Å². The third-order valence-electron chi connectivity index (χ3n) is 3.01. The van der Waals surface area contributed by atoms with Crippen LogP contribution in [-0.2, 0) is 0 Å². The Kier molecular flexibility index (Phi) is 6.34. The number of rotatable bonds is 9. The molecule has 7 nitrogen and oxygen atoms in total. The smallest absolute Gasteiger partial charge is 0.315 e. The lowest BCUT2D eigenvalue weighted by Gasteiger charge is -2.28. The first-order valence-corrected chi connectivity index (χ1v) is 7.21. The standard InChI is InChI=1S/C11H23N3O4S/c1-10(8-19-10)4-12-2-3-13-9(18)14-11(5-15,6-16)7-17/h12,15-17H,2-8H2,1H3,(H2,13,14,18). The van der Waals surface area contributed by atoms with E-state index in [1.165, 1.54) is 5.75 Å². The summed E-state index contributed by atoms with van der Waals surface area (Å²) in [5.74, 6) is 1.17. The highest BCUT2D eigenvalue weighted by molar-refractivity contribution is 8.07. The van der Waals surface area contributed by atoms with Crippen molar-refractivity contribution in [2.45, 2.75) is 17.2 Å². The van der Waals surface area contributed by atoms with E-state index in [4.69, 9.17) is 15.3 Å². The molecular weight excluding hydrogens is 270 g/mol. The molecule has 112 valence electrons. The number of urea groups is 1. The maximum absolute atomic E-state index is 11.5. The molecule has 0 aromatic rings. The highest BCUT2D eigenvalue weighted by Gasteiger charge is 2.37. The van der Waals surface area contributed by atoms with Crippen LogP contribution in [0.25, 0.3) is 0 Å². The highest BCUT2D eigenvalue weighted by atomic mass is 32.2. The van der Waals surface area contributed by atoms with E-state index in [0.29, 0.717) is 17.8 Å². The zero-order chi connectivity index (χ0) is 14.4. The Labute approximate surface area is 117 Å². The third kappa shape index (κ3) is 5.53. The molecule has 6 N–H and O–H groups in total. The average molecular weight is 293 g/mol. The summed E-state index contributed by atoms with van der Waals surface area (Å²) in [6, 6.07) is -0.522. The molecule has 0 radical (unpaired) electrons. The van der Waals surface area contributed by atoms with E-state index in [-0.39, 0.29) is 0 Å². The second kappa shape index (κ2) is 7.30. The number of carbonyl (C=O) groups is 1. The second-order valence-corrected chi connectivity index (χ2v) is 6.61. The molecule has 0 bridgehead atoms. The van der Waals surface area contributed by atoms with Crippen LogP contribution in [0.1, 0.15) is 6.92 Å². The summed E-state index contributed by atoms with van der Waals surface area (Å²) in [6.07, 6.45) is 0. The molecule has 1 heterocycles. The molecule has 1 rings (SSSR count). The van der Waals surface area contributed by atoms with Gasteiger partial charge in [0, 0.05) is 30.1 Å². The first-order chi connectivity index (χ1) is 8.99. The minimum absolute atomic E-state index is 0.349. The van der Waals surface area contributed by atoms with E-state index < -0.39 is 31.4 Å². The summed E-state index contributed by atoms with van der Waals surface area (Å²) in [5, 5.41) is 35.4. The van der Waals surface area contributed by atoms with Gasteiger partial charge in [0.15, 0.2) is 0 Å². The fraction of sp³-hybridized carbons (Fsp3) is 0.909. The summed E-state index contributed by atoms with van der Waals surface area (Å²) < 4.78 is 0.349. The van der Waals surface area contributed by atoms with Gasteiger partial charge in [-0.15, -0.1) is 0 Å². The largest absolute Gasteiger partial charge is 0.394 e. The van der Waals surface area contributed by atoms with Crippen LogP contribution in [0.5, 0.6) is 0 Å². The van der Waals surface area contributed by atoms with Crippen molar-refractivity contribution < 1.29 is 20.1 Å². The van der Waals surface area contributed by atoms with Gasteiger partial charge in [-0.2, -0.15) is 11.8 Å². The molecule has 0 aliphatic carbocycles. The fourth-order valence-corrected chi connectivity index (χ4v) is 1.95. The molecule has 2 amide bonds. The zero-order valence-electron chi connectivity index (χ0n) is 11.1. The monoisotopic (exact) mass is 293 g/mol. The fourth-order valence-electron chi connectivity index (χ4n) is 1.40. The quantitative estimate of drug-likeness (QED) is 0.219. The van der Waals surface area contributed by atoms with Crippen LogP contribution in [0.2, 0.25) is 0 Å². The minimum atomic E-state index is -1.38. The lowest BCUT2D eigenvalue weighted by atomic mass is 10.0. The van der Waals surface area contributed by atoms with Crippen LogP contribution < -0.4 is 16.0 Å². The first-order valence-electron chi connectivity index (χ1n) is 6.22. The van der Waals surface area contributed by atoms with E-state index in [1.54, 1.807) is 0 Å². The number of aliphatic hydroxyl groups excluding tert-OH is 3. The van der Waals surface area contributed by atoms with Crippen molar-refractivity contribution in [1.29, 1.82) is 0 Å². The van der Waals surface area contributed by atoms with Gasteiger partial charge in [0.1, 0.15) is 5.54 Å². The molecule has 1 fully saturated rings. The molecule has 1 unspecified atom stereocenters. The zero-order valence-corrected chi connectivity index (χ0v) is 11.9. The second-order valence-electron chi connectivity index (χ2n) is 5.05. The molecule has 0 saturated carbocycles. The van der Waals surface area contributed by atoms with E-state index in [2.05, 4.69) is 22.9 Å². The number of nitrogens with one attached hydrogen (secondary N) is 3. The van der Waals surface area contributed by atoms with Crippen LogP contribution in [0.4, 0.5) is 4.79 Å². The topological polar surface area (TPSA) is 114 Å². The Morgan fingerprint density at radius 2 is 1.84 bits per heavy atom. The molecular formula is C11H23N3O4S. The number of thioether (sulfide) groups is 1. The summed E-state index contributed by atoms with van der Waals surface area (Å²) in [4.78, 5) is 11.5. The van der Waals surface area contributed by atoms with Crippen molar-refractivity contribution in [1.82, 2.24) is 16.0 Å². The predicted octanol–water partition coefficient (Wildman–Crippen LogP) is -1.90. The normalized spacial score (nSPS) is 22.1. The van der Waals surface area contributed by atoms with Gasteiger partial charge in [-0.3, -0.25) is 0 Å². The summed E-state index contributed by atoms with van der Waals surface area (Å²) in [7, 11) is 0. The summed E-state index contributed by atoms with van der Waals surface area (Å²) >= 11 is 1.91. The van der Waals surface area contributed by atoms with Gasteiger partial charge < -0.3 is 31.3 Å². The van der Waals surface area contributed by atoms with Gasteiger partial charge in [0.25, 0.3) is 0 Å². The average Bonchev–Trinajstić information content (AvgIpc) is 3.14. The molecule has 19 heavy (non-hydrogen) atoms. The van der Waals surface area contributed by atoms with Crippen molar-refractivity contribution in [2.75, 3.05) is 45.2 Å². The highest BCUT2D eigenvalue weighted by Crippen LogP contribution is 2.43. The van der Waals surface area contributed by atoms with Gasteiger partial charge in [0.05, 0.1) is 19.8 Å². The Morgan fingerprint density at radius 1 is 1.26 bits per heavy atom. The Morgan fingerprint density at radius 3 is 2.32 bits per heavy atom. The van der Waals surface area contributed by atoms with Crippen LogP contribution in [0.15, 0.2) is 0 Å². The van der Waals surface area contributed by atoms with E-state index in [0.717, 1.165) is 6.54 Å². The van der Waals surface area contributed by atoms with Crippen LogP contribution in [-0.4, -0.2) is 76.8 Å². The molecule has 0 spiro atoms. The SMILES string of the molecule is CC1(CNCCNC(=O)NC(CO)(CO)CO)CS1. The number of hydrogen-bond donors (Lipinski definition) is 6. The van der Waals surface area contributed by atoms with Gasteiger partial charge >= 0.3 is 6.03 Å². The lowest BCUT2D eigenvalue weighted by molar-refractivity contribution is 0.0493. The number of amides is 2. The Hall–Kier alpha value is -0.540. The van der Waals surface area contributed by atoms with Gasteiger partial charge in [-0.1, -0.05) is 0 Å². The van der Waals surface area contributed by atoms with E-state index >= 15 is 0 Å². The van der Waals surface area contributed by atoms with Crippen molar-refractivity contribution in [3.8, 4) is 0 Å². The predicted molar refractivity (Wildman–Crippen MR) is 74.3 cm³/mol. The first kappa shape index (κ1) is 16.5. The van der Waals surface area contributed by atoms with Crippen molar-refractivity contribution in [3.05, 3.63) is 0 Å². The maximum Gasteiger partial charge on any atom is 0.315 e. The molecule has 1 aliphatic heterocycles. The molecule has 1 aliphatic rings. The molecule has 0 aromatic heterocycles. The van der Waals surface area contributed by atoms with Crippen LogP contribution >= 0.6 is 11.8 Å². The number of hydrogen-bond acceptors (Lipinski definition) is 6. The van der Waals surface area contributed by atoms with Crippen LogP contribution in [0.3, 0.4) is 0 Å². The van der Waals surface area contributed by atoms with Gasteiger partial charge in [0.2, 0.25) is 0 Å². The Bertz CT molecular complexity index is 287. The Balaban J connectivity index is 2.12. The molecule has 1 atom stereocenters. The van der Waals surface area contributed by atoms with Crippen molar-refractivity contribution >= 4 is 17.8 Å². The third-order valence-corrected chi connectivity index (χ3v) is 4.43. The molecule has 0 aromatic carbocycles. The van der Waals surface area contributed by atoms with E-state index in [9.17, 15) is 4.79 Å². The van der Waals surface area contributed by atoms with Gasteiger partial charge in [-0.05, 0) is 6.92 Å². The van der Waals surface area contributed by atoms with Crippen LogP contribution in [0, 0.1) is 0 Å². The molecule has 8 heteroatoms. The minimum Gasteiger partial charge on any atom is -0.394 e. The van der Waals surface area contributed by atoms with Gasteiger partial charge in [-0.25, -0.2) is 4.79 Å². The number of aliphatic hydroxyl groups is 3. The van der Waals surface area contributed by atoms with Crippen molar-refractivity contribution in [3.63, 3.8) is 0 Å². The number of carbonyl (C=O) groups excluding carboxylic acids is 1. The summed E-state index contributed by atoms with van der Waals surface area (Å²) in [6.45, 7) is 2.60. The van der Waals surface area contributed by atoms with Crippen molar-refractivity contribution in [2.24, 2.45) is 0 Å². The maximum atomic E-state index is 11.5.